The van der Waals surface area contributed by atoms with E-state index >= 15 is 0 Å². The maximum absolute atomic E-state index is 12.9. The van der Waals surface area contributed by atoms with Gasteiger partial charge in [0.25, 0.3) is 0 Å². The molecule has 2 unspecified atom stereocenters. The summed E-state index contributed by atoms with van der Waals surface area (Å²) >= 11 is 1.84. The van der Waals surface area contributed by atoms with E-state index in [2.05, 4.69) is 24.3 Å². The van der Waals surface area contributed by atoms with Gasteiger partial charge in [0.15, 0.2) is 0 Å². The summed E-state index contributed by atoms with van der Waals surface area (Å²) in [5.74, 6) is 1.75. The molecule has 2 nitrogen and oxygen atoms in total. The van der Waals surface area contributed by atoms with Crippen molar-refractivity contribution in [2.45, 2.75) is 48.5 Å². The lowest BCUT2D eigenvalue weighted by atomic mass is 9.69. The van der Waals surface area contributed by atoms with Gasteiger partial charge in [0.05, 0.1) is 11.5 Å². The second kappa shape index (κ2) is 4.88. The third kappa shape index (κ3) is 2.03. The molecule has 2 atom stereocenters. The maximum Gasteiger partial charge on any atom is 0.144 e. The first-order valence-electron chi connectivity index (χ1n) is 7.67. The van der Waals surface area contributed by atoms with Gasteiger partial charge in [-0.3, -0.25) is 4.79 Å². The number of rotatable bonds is 2. The second-order valence-electron chi connectivity index (χ2n) is 6.38. The van der Waals surface area contributed by atoms with Crippen LogP contribution in [0.25, 0.3) is 0 Å². The third-order valence-corrected chi connectivity index (χ3v) is 6.39. The number of hydrogen-bond donors (Lipinski definition) is 0. The Morgan fingerprint density at radius 1 is 1.30 bits per heavy atom. The number of Topliss-reactive ketones (excluding diaryl/α,β-unsaturated/α-hetero) is 1. The van der Waals surface area contributed by atoms with Crippen LogP contribution >= 0.6 is 11.8 Å². The van der Waals surface area contributed by atoms with Crippen molar-refractivity contribution in [2.75, 3.05) is 12.4 Å². The van der Waals surface area contributed by atoms with Crippen molar-refractivity contribution < 1.29 is 9.53 Å². The molecule has 1 aliphatic carbocycles. The van der Waals surface area contributed by atoms with Crippen LogP contribution in [0.2, 0.25) is 0 Å². The summed E-state index contributed by atoms with van der Waals surface area (Å²) in [7, 11) is 0. The molecular formula is C17H20O2S. The van der Waals surface area contributed by atoms with Crippen molar-refractivity contribution in [3.8, 4) is 0 Å². The van der Waals surface area contributed by atoms with Crippen molar-refractivity contribution in [3.63, 3.8) is 0 Å². The molecule has 20 heavy (non-hydrogen) atoms. The average molecular weight is 288 g/mol. The number of hydrogen-bond acceptors (Lipinski definition) is 3. The third-order valence-electron chi connectivity index (χ3n) is 5.20. The quantitative estimate of drug-likeness (QED) is 0.828. The van der Waals surface area contributed by atoms with Crippen molar-refractivity contribution in [2.24, 2.45) is 5.92 Å². The molecule has 0 amide bonds. The zero-order chi connectivity index (χ0) is 13.6. The Bertz CT molecular complexity index is 536. The van der Waals surface area contributed by atoms with Crippen LogP contribution in [0.3, 0.4) is 0 Å². The van der Waals surface area contributed by atoms with Gasteiger partial charge in [0.2, 0.25) is 0 Å². The molecule has 0 radical (unpaired) electrons. The molecule has 4 rings (SSSR count). The smallest absolute Gasteiger partial charge is 0.144 e. The number of ketones is 1. The van der Waals surface area contributed by atoms with E-state index in [0.29, 0.717) is 5.78 Å². The minimum atomic E-state index is 0.0733. The number of fused-ring (bicyclic) bond motifs is 1. The fourth-order valence-electron chi connectivity index (χ4n) is 3.87. The Hall–Kier alpha value is -0.800. The average Bonchev–Trinajstić information content (AvgIpc) is 2.89. The van der Waals surface area contributed by atoms with Crippen LogP contribution in [-0.2, 0) is 9.53 Å². The van der Waals surface area contributed by atoms with E-state index in [1.54, 1.807) is 0 Å². The summed E-state index contributed by atoms with van der Waals surface area (Å²) in [6.07, 6.45) is 5.47. The minimum absolute atomic E-state index is 0.0733. The molecule has 1 aromatic rings. The topological polar surface area (TPSA) is 26.3 Å². The van der Waals surface area contributed by atoms with Crippen LogP contribution in [0.1, 0.15) is 43.6 Å². The molecule has 1 saturated heterocycles. The summed E-state index contributed by atoms with van der Waals surface area (Å²) < 4.78 is 5.96. The highest BCUT2D eigenvalue weighted by molar-refractivity contribution is 7.99. The van der Waals surface area contributed by atoms with Gasteiger partial charge in [-0.2, -0.15) is 0 Å². The van der Waals surface area contributed by atoms with E-state index < -0.39 is 0 Å². The predicted molar refractivity (Wildman–Crippen MR) is 80.2 cm³/mol. The van der Waals surface area contributed by atoms with Crippen LogP contribution in [0.15, 0.2) is 29.2 Å². The zero-order valence-electron chi connectivity index (χ0n) is 11.6. The van der Waals surface area contributed by atoms with E-state index in [4.69, 9.17) is 4.74 Å². The molecule has 106 valence electrons. The molecule has 2 aliphatic heterocycles. The first kappa shape index (κ1) is 12.9. The van der Waals surface area contributed by atoms with Crippen LogP contribution in [0, 0.1) is 5.92 Å². The zero-order valence-corrected chi connectivity index (χ0v) is 12.5. The first-order chi connectivity index (χ1) is 9.77. The minimum Gasteiger partial charge on any atom is -0.375 e. The Labute approximate surface area is 124 Å². The van der Waals surface area contributed by atoms with Crippen LogP contribution in [-0.4, -0.2) is 23.7 Å². The lowest BCUT2D eigenvalue weighted by molar-refractivity contribution is -0.156. The molecule has 0 aromatic heterocycles. The van der Waals surface area contributed by atoms with Gasteiger partial charge in [0.1, 0.15) is 5.78 Å². The lowest BCUT2D eigenvalue weighted by Gasteiger charge is -2.47. The maximum atomic E-state index is 12.9. The number of thioether (sulfide) groups is 1. The summed E-state index contributed by atoms with van der Waals surface area (Å²) in [5, 5.41) is 0. The van der Waals surface area contributed by atoms with Crippen LogP contribution < -0.4 is 0 Å². The molecule has 0 N–H and O–H groups in total. The Morgan fingerprint density at radius 2 is 2.15 bits per heavy atom. The van der Waals surface area contributed by atoms with Gasteiger partial charge in [-0.1, -0.05) is 18.2 Å². The molecular weight excluding hydrogens is 268 g/mol. The Kier molecular flexibility index (Phi) is 3.15. The van der Waals surface area contributed by atoms with Crippen molar-refractivity contribution in [1.29, 1.82) is 0 Å². The van der Waals surface area contributed by atoms with Crippen LogP contribution in [0.5, 0.6) is 0 Å². The Balaban J connectivity index is 1.53. The molecule has 3 heteroatoms. The van der Waals surface area contributed by atoms with Gasteiger partial charge in [-0.25, -0.2) is 0 Å². The molecule has 2 fully saturated rings. The lowest BCUT2D eigenvalue weighted by Crippen LogP contribution is -2.47. The van der Waals surface area contributed by atoms with Gasteiger partial charge in [0, 0.05) is 23.2 Å². The highest BCUT2D eigenvalue weighted by Crippen LogP contribution is 2.47. The van der Waals surface area contributed by atoms with Gasteiger partial charge >= 0.3 is 0 Å². The summed E-state index contributed by atoms with van der Waals surface area (Å²) in [4.78, 5) is 14.2. The molecule has 2 heterocycles. The van der Waals surface area contributed by atoms with E-state index in [9.17, 15) is 4.79 Å². The number of ether oxygens (including phenoxy) is 1. The van der Waals surface area contributed by atoms with Gasteiger partial charge < -0.3 is 4.74 Å². The van der Waals surface area contributed by atoms with E-state index in [-0.39, 0.29) is 17.4 Å². The van der Waals surface area contributed by atoms with Crippen molar-refractivity contribution in [3.05, 3.63) is 29.8 Å². The van der Waals surface area contributed by atoms with Crippen molar-refractivity contribution >= 4 is 17.5 Å². The monoisotopic (exact) mass is 288 g/mol. The van der Waals surface area contributed by atoms with E-state index in [0.717, 1.165) is 38.0 Å². The SMILES string of the molecule is O=C(C1CCOC2(CCC2)C1)C1CSc2ccccc21. The number of carbonyl (C=O) groups excluding carboxylic acids is 1. The van der Waals surface area contributed by atoms with Gasteiger partial charge in [-0.05, 0) is 43.7 Å². The van der Waals surface area contributed by atoms with Crippen LogP contribution in [0.4, 0.5) is 0 Å². The molecule has 1 saturated carbocycles. The fourth-order valence-corrected chi connectivity index (χ4v) is 5.11. The highest BCUT2D eigenvalue weighted by atomic mass is 32.2. The molecule has 3 aliphatic rings. The second-order valence-corrected chi connectivity index (χ2v) is 7.44. The first-order valence-corrected chi connectivity index (χ1v) is 8.65. The van der Waals surface area contributed by atoms with Crippen molar-refractivity contribution in [1.82, 2.24) is 0 Å². The van der Waals surface area contributed by atoms with E-state index in [1.165, 1.54) is 16.9 Å². The molecule has 1 aromatic carbocycles. The van der Waals surface area contributed by atoms with E-state index in [1.807, 2.05) is 11.8 Å². The normalized spacial score (nSPS) is 30.8. The largest absolute Gasteiger partial charge is 0.375 e. The Morgan fingerprint density at radius 3 is 2.95 bits per heavy atom. The number of carbonyl (C=O) groups is 1. The van der Waals surface area contributed by atoms with Gasteiger partial charge in [-0.15, -0.1) is 11.8 Å². The standard InChI is InChI=1S/C17H20O2S/c18-16(12-6-9-19-17(10-12)7-3-8-17)14-11-20-15-5-2-1-4-13(14)15/h1-2,4-5,12,14H,3,6-11H2. The summed E-state index contributed by atoms with van der Waals surface area (Å²) in [6, 6.07) is 8.40. The fraction of sp³-hybridized carbons (Fsp3) is 0.588. The highest BCUT2D eigenvalue weighted by Gasteiger charge is 2.46. The summed E-state index contributed by atoms with van der Waals surface area (Å²) in [5.41, 5.74) is 1.33. The molecule has 0 bridgehead atoms. The molecule has 1 spiro atoms. The predicted octanol–water partition coefficient (Wildman–Crippen LogP) is 3.79. The number of benzene rings is 1. The summed E-state index contributed by atoms with van der Waals surface area (Å²) in [6.45, 7) is 0.776.